The highest BCUT2D eigenvalue weighted by Crippen LogP contribution is 2.38. The van der Waals surface area contributed by atoms with Crippen molar-refractivity contribution in [3.05, 3.63) is 65.0 Å². The first-order chi connectivity index (χ1) is 15.8. The second-order valence-corrected chi connectivity index (χ2v) is 11.5. The van der Waals surface area contributed by atoms with Gasteiger partial charge in [-0.1, -0.05) is 41.8 Å². The molecule has 1 aromatic heterocycles. The number of rotatable bonds is 5. The van der Waals surface area contributed by atoms with E-state index in [0.717, 1.165) is 21.6 Å². The van der Waals surface area contributed by atoms with Gasteiger partial charge in [-0.3, -0.25) is 4.79 Å². The van der Waals surface area contributed by atoms with E-state index in [1.54, 1.807) is 35.3 Å². The van der Waals surface area contributed by atoms with Crippen LogP contribution in [-0.4, -0.2) is 42.2 Å². The van der Waals surface area contributed by atoms with Gasteiger partial charge in [0.1, 0.15) is 0 Å². The fraction of sp³-hybridized carbons (Fsp3) is 0.240. The minimum Gasteiger partial charge on any atom is -0.480 e. The highest BCUT2D eigenvalue weighted by Gasteiger charge is 2.53. The molecule has 0 saturated carbocycles. The molecule has 0 bridgehead atoms. The lowest BCUT2D eigenvalue weighted by Gasteiger charge is -2.36. The van der Waals surface area contributed by atoms with Crippen molar-refractivity contribution >= 4 is 38.7 Å². The molecule has 4 rings (SSSR count). The van der Waals surface area contributed by atoms with E-state index in [1.807, 2.05) is 35.7 Å². The minimum absolute atomic E-state index is 0.00350. The third kappa shape index (κ3) is 4.39. The molecular formula is C25H22ClNO4S2. The van der Waals surface area contributed by atoms with E-state index < -0.39 is 20.6 Å². The normalized spacial score (nSPS) is 15.5. The van der Waals surface area contributed by atoms with Gasteiger partial charge in [-0.2, -0.15) is 0 Å². The quantitative estimate of drug-likeness (QED) is 0.475. The number of thiophene rings is 1. The summed E-state index contributed by atoms with van der Waals surface area (Å²) in [6, 6.07) is 19.0. The van der Waals surface area contributed by atoms with Gasteiger partial charge in [0, 0.05) is 29.0 Å². The van der Waals surface area contributed by atoms with Crippen molar-refractivity contribution in [2.75, 3.05) is 13.1 Å². The maximum Gasteiger partial charge on any atom is 0.325 e. The van der Waals surface area contributed by atoms with Crippen molar-refractivity contribution in [3.63, 3.8) is 0 Å². The number of hydrogen-bond acceptors (Lipinski definition) is 5. The molecule has 0 atom stereocenters. The summed E-state index contributed by atoms with van der Waals surface area (Å²) >= 11 is 7.52. The lowest BCUT2D eigenvalue weighted by Crippen LogP contribution is -2.53. The zero-order valence-electron chi connectivity index (χ0n) is 17.9. The Labute approximate surface area is 202 Å². The van der Waals surface area contributed by atoms with Crippen LogP contribution in [0.4, 0.5) is 0 Å². The number of carboxylic acid groups (broad SMARTS) is 1. The Bertz CT molecular complexity index is 1330. The van der Waals surface area contributed by atoms with E-state index >= 15 is 0 Å². The molecule has 5 nitrogen and oxygen atoms in total. The Morgan fingerprint density at radius 2 is 1.64 bits per heavy atom. The van der Waals surface area contributed by atoms with E-state index in [0.29, 0.717) is 18.1 Å². The van der Waals surface area contributed by atoms with Gasteiger partial charge in [-0.25, -0.2) is 8.42 Å². The highest BCUT2D eigenvalue weighted by atomic mass is 35.5. The lowest BCUT2D eigenvalue weighted by molar-refractivity contribution is -0.141. The summed E-state index contributed by atoms with van der Waals surface area (Å²) in [5, 5.41) is 12.6. The number of aliphatic carboxylic acids is 1. The number of sulfone groups is 1. The molecular weight excluding hydrogens is 478 g/mol. The Morgan fingerprint density at radius 1 is 1.03 bits per heavy atom. The zero-order chi connectivity index (χ0) is 23.6. The number of hydrogen-bond donors (Lipinski definition) is 1. The molecule has 1 aliphatic rings. The lowest BCUT2D eigenvalue weighted by atomic mass is 9.96. The Hall–Kier alpha value is -2.79. The maximum atomic E-state index is 13.4. The van der Waals surface area contributed by atoms with Crippen LogP contribution in [0.3, 0.4) is 0 Å². The molecule has 0 amide bonds. The van der Waals surface area contributed by atoms with E-state index in [-0.39, 0.29) is 17.7 Å². The SMILES string of the molecule is CC#CN1CCC(C(=O)O)(S(=O)(=O)c2ccc(-c3cc(-c4ccc(Cl)cc4)cs3)cc2)CC1. The van der Waals surface area contributed by atoms with Crippen molar-refractivity contribution in [3.8, 4) is 33.5 Å². The van der Waals surface area contributed by atoms with Crippen molar-refractivity contribution < 1.29 is 18.3 Å². The summed E-state index contributed by atoms with van der Waals surface area (Å²) in [5.74, 6) is 1.47. The fourth-order valence-electron chi connectivity index (χ4n) is 4.04. The standard InChI is InChI=1S/C25H22ClNO4S2/c1-2-13-27-14-11-25(12-15-27,24(28)29)33(30,31)22-9-5-19(6-10-22)23-16-20(17-32-23)18-3-7-21(26)8-4-18/h3-10,16-17H,11-12,14-15H2,1H3,(H,28,29). The van der Waals surface area contributed by atoms with Crippen LogP contribution >= 0.6 is 22.9 Å². The molecule has 170 valence electrons. The number of carboxylic acids is 1. The van der Waals surface area contributed by atoms with E-state index in [1.165, 1.54) is 12.1 Å². The molecule has 1 aliphatic heterocycles. The Morgan fingerprint density at radius 3 is 2.21 bits per heavy atom. The van der Waals surface area contributed by atoms with E-state index in [9.17, 15) is 18.3 Å². The second-order valence-electron chi connectivity index (χ2n) is 7.88. The predicted molar refractivity (Wildman–Crippen MR) is 132 cm³/mol. The van der Waals surface area contributed by atoms with Crippen molar-refractivity contribution in [1.29, 1.82) is 0 Å². The van der Waals surface area contributed by atoms with Gasteiger partial charge < -0.3 is 10.0 Å². The Balaban J connectivity index is 1.60. The topological polar surface area (TPSA) is 74.7 Å². The molecule has 3 aromatic rings. The van der Waals surface area contributed by atoms with Gasteiger partial charge in [0.15, 0.2) is 14.6 Å². The van der Waals surface area contributed by atoms with Gasteiger partial charge in [-0.15, -0.1) is 11.3 Å². The third-order valence-electron chi connectivity index (χ3n) is 5.97. The van der Waals surface area contributed by atoms with Gasteiger partial charge in [0.05, 0.1) is 4.90 Å². The number of halogens is 1. The smallest absolute Gasteiger partial charge is 0.325 e. The molecule has 1 N–H and O–H groups in total. The molecule has 0 spiro atoms. The van der Waals surface area contributed by atoms with Crippen LogP contribution < -0.4 is 0 Å². The summed E-state index contributed by atoms with van der Waals surface area (Å²) < 4.78 is 25.0. The second kappa shape index (κ2) is 9.22. The predicted octanol–water partition coefficient (Wildman–Crippen LogP) is 5.41. The zero-order valence-corrected chi connectivity index (χ0v) is 20.3. The van der Waals surface area contributed by atoms with Gasteiger partial charge in [0.2, 0.25) is 0 Å². The first-order valence-electron chi connectivity index (χ1n) is 10.4. The number of carbonyl (C=O) groups is 1. The summed E-state index contributed by atoms with van der Waals surface area (Å²) in [5.41, 5.74) is 2.97. The molecule has 2 heterocycles. The van der Waals surface area contributed by atoms with Crippen LogP contribution in [0.1, 0.15) is 19.8 Å². The van der Waals surface area contributed by atoms with Crippen LogP contribution in [0.25, 0.3) is 21.6 Å². The average molecular weight is 500 g/mol. The molecule has 0 radical (unpaired) electrons. The molecule has 0 unspecified atom stereocenters. The first-order valence-corrected chi connectivity index (χ1v) is 13.1. The molecule has 0 aliphatic carbocycles. The summed E-state index contributed by atoms with van der Waals surface area (Å²) in [6.45, 7) is 2.30. The first kappa shape index (κ1) is 23.4. The summed E-state index contributed by atoms with van der Waals surface area (Å²) in [7, 11) is -4.09. The molecule has 8 heteroatoms. The van der Waals surface area contributed by atoms with Crippen LogP contribution in [-0.2, 0) is 14.6 Å². The van der Waals surface area contributed by atoms with E-state index in [4.69, 9.17) is 11.6 Å². The van der Waals surface area contributed by atoms with Gasteiger partial charge in [0.25, 0.3) is 0 Å². The van der Waals surface area contributed by atoms with Crippen LogP contribution in [0.15, 0.2) is 64.9 Å². The van der Waals surface area contributed by atoms with Gasteiger partial charge >= 0.3 is 5.97 Å². The fourth-order valence-corrected chi connectivity index (χ4v) is 6.99. The Kier molecular flexibility index (Phi) is 6.53. The largest absolute Gasteiger partial charge is 0.480 e. The molecule has 1 saturated heterocycles. The average Bonchev–Trinajstić information content (AvgIpc) is 3.30. The van der Waals surface area contributed by atoms with Crippen LogP contribution in [0, 0.1) is 12.0 Å². The van der Waals surface area contributed by atoms with Crippen LogP contribution in [0.2, 0.25) is 5.02 Å². The molecule has 1 fully saturated rings. The number of benzene rings is 2. The highest BCUT2D eigenvalue weighted by molar-refractivity contribution is 7.93. The minimum atomic E-state index is -4.09. The number of piperidine rings is 1. The van der Waals surface area contributed by atoms with Gasteiger partial charge in [-0.05, 0) is 72.2 Å². The number of likely N-dealkylation sites (tertiary alicyclic amines) is 1. The molecule has 2 aromatic carbocycles. The van der Waals surface area contributed by atoms with E-state index in [2.05, 4.69) is 12.0 Å². The number of nitrogens with zero attached hydrogens (tertiary/aromatic N) is 1. The molecule has 33 heavy (non-hydrogen) atoms. The third-order valence-corrected chi connectivity index (χ3v) is 9.71. The van der Waals surface area contributed by atoms with Crippen molar-refractivity contribution in [1.82, 2.24) is 4.90 Å². The van der Waals surface area contributed by atoms with Crippen LogP contribution in [0.5, 0.6) is 0 Å². The maximum absolute atomic E-state index is 13.4. The summed E-state index contributed by atoms with van der Waals surface area (Å²) in [6.07, 6.45) is -0.00699. The van der Waals surface area contributed by atoms with Crippen molar-refractivity contribution in [2.24, 2.45) is 0 Å². The van der Waals surface area contributed by atoms with Crippen molar-refractivity contribution in [2.45, 2.75) is 29.4 Å². The monoisotopic (exact) mass is 499 g/mol. The summed E-state index contributed by atoms with van der Waals surface area (Å²) in [4.78, 5) is 15.0.